The van der Waals surface area contributed by atoms with Gasteiger partial charge in [-0.15, -0.1) is 0 Å². The minimum atomic E-state index is 0.0103. The van der Waals surface area contributed by atoms with Crippen molar-refractivity contribution in [2.24, 2.45) is 11.7 Å². The smallest absolute Gasteiger partial charge is 0.226 e. The van der Waals surface area contributed by atoms with Crippen LogP contribution in [0.15, 0.2) is 18.2 Å². The predicted molar refractivity (Wildman–Crippen MR) is 80.4 cm³/mol. The summed E-state index contributed by atoms with van der Waals surface area (Å²) in [6.07, 6.45) is 1.31. The number of hydrogen-bond donors (Lipinski definition) is 2. The summed E-state index contributed by atoms with van der Waals surface area (Å²) in [7, 11) is 0. The molecule has 2 aromatic rings. The molecule has 0 spiro atoms. The number of thiazole rings is 1. The molecule has 0 saturated heterocycles. The maximum absolute atomic E-state index is 11.8. The largest absolute Gasteiger partial charge is 0.330 e. The van der Waals surface area contributed by atoms with Crippen molar-refractivity contribution in [3.05, 3.63) is 23.8 Å². The summed E-state index contributed by atoms with van der Waals surface area (Å²) in [5, 5.41) is 3.53. The summed E-state index contributed by atoms with van der Waals surface area (Å²) >= 11 is 1.51. The Morgan fingerprint density at radius 3 is 3.05 bits per heavy atom. The molecule has 0 saturated carbocycles. The van der Waals surface area contributed by atoms with Crippen molar-refractivity contribution < 1.29 is 4.79 Å². The molecule has 1 amide bonds. The minimum Gasteiger partial charge on any atom is -0.330 e. The molecule has 0 bridgehead atoms. The second kappa shape index (κ2) is 6.12. The van der Waals surface area contributed by atoms with Crippen molar-refractivity contribution in [1.29, 1.82) is 0 Å². The second-order valence-corrected chi connectivity index (χ2v) is 5.95. The Balaban J connectivity index is 1.99. The van der Waals surface area contributed by atoms with Crippen LogP contribution in [-0.4, -0.2) is 17.4 Å². The molecule has 0 aliphatic carbocycles. The molecule has 5 heteroatoms. The zero-order valence-corrected chi connectivity index (χ0v) is 12.1. The first-order valence-corrected chi connectivity index (χ1v) is 7.27. The Morgan fingerprint density at radius 1 is 1.53 bits per heavy atom. The summed E-state index contributed by atoms with van der Waals surface area (Å²) in [6, 6.07) is 6.09. The quantitative estimate of drug-likeness (QED) is 0.883. The Bertz CT molecular complexity index is 579. The second-order valence-electron chi connectivity index (χ2n) is 4.92. The zero-order valence-electron chi connectivity index (χ0n) is 11.3. The number of carbonyl (C=O) groups is 1. The van der Waals surface area contributed by atoms with Gasteiger partial charge in [0.2, 0.25) is 5.91 Å². The summed E-state index contributed by atoms with van der Waals surface area (Å²) in [5.41, 5.74) is 7.67. The van der Waals surface area contributed by atoms with Gasteiger partial charge in [-0.3, -0.25) is 4.79 Å². The first-order chi connectivity index (χ1) is 9.08. The fourth-order valence-corrected chi connectivity index (χ4v) is 2.74. The molecule has 0 radical (unpaired) electrons. The van der Waals surface area contributed by atoms with Gasteiger partial charge < -0.3 is 11.1 Å². The number of anilines is 1. The van der Waals surface area contributed by atoms with Gasteiger partial charge in [0.05, 0.1) is 10.2 Å². The lowest BCUT2D eigenvalue weighted by atomic mass is 10.1. The van der Waals surface area contributed by atoms with Crippen molar-refractivity contribution >= 4 is 32.6 Å². The lowest BCUT2D eigenvalue weighted by Crippen LogP contribution is -2.16. The van der Waals surface area contributed by atoms with E-state index in [0.717, 1.165) is 16.6 Å². The SMILES string of the molecule is Cc1ccc2nc(NC(=O)CCC(C)CN)sc2c1. The minimum absolute atomic E-state index is 0.0103. The number of rotatable bonds is 5. The third-order valence-electron chi connectivity index (χ3n) is 3.06. The topological polar surface area (TPSA) is 68.0 Å². The van der Waals surface area contributed by atoms with Gasteiger partial charge in [0, 0.05) is 6.42 Å². The van der Waals surface area contributed by atoms with E-state index in [-0.39, 0.29) is 5.91 Å². The molecule has 4 nitrogen and oxygen atoms in total. The maximum Gasteiger partial charge on any atom is 0.226 e. The number of amides is 1. The van der Waals surface area contributed by atoms with Crippen LogP contribution in [-0.2, 0) is 4.79 Å². The standard InChI is InChI=1S/C14H19N3OS/c1-9-3-5-11-12(7-9)19-14(16-11)17-13(18)6-4-10(2)8-15/h3,5,7,10H,4,6,8,15H2,1-2H3,(H,16,17,18). The highest BCUT2D eigenvalue weighted by Crippen LogP contribution is 2.26. The number of aromatic nitrogens is 1. The Kier molecular flexibility index (Phi) is 4.50. The highest BCUT2D eigenvalue weighted by atomic mass is 32.1. The fraction of sp³-hybridized carbons (Fsp3) is 0.429. The van der Waals surface area contributed by atoms with Crippen LogP contribution < -0.4 is 11.1 Å². The van der Waals surface area contributed by atoms with E-state index < -0.39 is 0 Å². The van der Waals surface area contributed by atoms with E-state index in [1.807, 2.05) is 26.0 Å². The van der Waals surface area contributed by atoms with Crippen LogP contribution in [0.2, 0.25) is 0 Å². The van der Waals surface area contributed by atoms with Gasteiger partial charge >= 0.3 is 0 Å². The van der Waals surface area contributed by atoms with Gasteiger partial charge in [-0.25, -0.2) is 4.98 Å². The molecular formula is C14H19N3OS. The summed E-state index contributed by atoms with van der Waals surface area (Å²) in [4.78, 5) is 16.2. The molecule has 1 aromatic carbocycles. The van der Waals surface area contributed by atoms with Crippen molar-refractivity contribution in [1.82, 2.24) is 4.98 Å². The number of nitrogens with zero attached hydrogens (tertiary/aromatic N) is 1. The zero-order chi connectivity index (χ0) is 13.8. The molecular weight excluding hydrogens is 258 g/mol. The molecule has 1 heterocycles. The maximum atomic E-state index is 11.8. The van der Waals surface area contributed by atoms with Gasteiger partial charge in [0.15, 0.2) is 5.13 Å². The first kappa shape index (κ1) is 14.0. The Labute approximate surface area is 117 Å². The van der Waals surface area contributed by atoms with Crippen LogP contribution in [0.25, 0.3) is 10.2 Å². The summed E-state index contributed by atoms with van der Waals surface area (Å²) in [5.74, 6) is 0.389. The van der Waals surface area contributed by atoms with Crippen molar-refractivity contribution in [2.75, 3.05) is 11.9 Å². The van der Waals surface area contributed by atoms with Crippen LogP contribution in [0.1, 0.15) is 25.3 Å². The van der Waals surface area contributed by atoms with Crippen LogP contribution in [0.5, 0.6) is 0 Å². The number of aryl methyl sites for hydroxylation is 1. The lowest BCUT2D eigenvalue weighted by Gasteiger charge is -2.06. The molecule has 0 fully saturated rings. The molecule has 1 unspecified atom stereocenters. The van der Waals surface area contributed by atoms with E-state index in [4.69, 9.17) is 5.73 Å². The molecule has 2 rings (SSSR count). The van der Waals surface area contributed by atoms with Gasteiger partial charge in [-0.2, -0.15) is 0 Å². The molecule has 1 aromatic heterocycles. The number of benzene rings is 1. The van der Waals surface area contributed by atoms with E-state index in [1.54, 1.807) is 0 Å². The van der Waals surface area contributed by atoms with Crippen LogP contribution in [0, 0.1) is 12.8 Å². The van der Waals surface area contributed by atoms with Crippen molar-refractivity contribution in [2.45, 2.75) is 26.7 Å². The Hall–Kier alpha value is -1.46. The molecule has 0 aliphatic heterocycles. The van der Waals surface area contributed by atoms with Gasteiger partial charge in [-0.05, 0) is 43.5 Å². The first-order valence-electron chi connectivity index (χ1n) is 6.45. The third kappa shape index (κ3) is 3.75. The average molecular weight is 277 g/mol. The number of hydrogen-bond acceptors (Lipinski definition) is 4. The highest BCUT2D eigenvalue weighted by Gasteiger charge is 2.09. The summed E-state index contributed by atoms with van der Waals surface area (Å²) < 4.78 is 1.10. The fourth-order valence-electron chi connectivity index (χ4n) is 1.76. The molecule has 19 heavy (non-hydrogen) atoms. The number of nitrogens with one attached hydrogen (secondary N) is 1. The van der Waals surface area contributed by atoms with Crippen molar-refractivity contribution in [3.8, 4) is 0 Å². The molecule has 1 atom stereocenters. The monoisotopic (exact) mass is 277 g/mol. The molecule has 3 N–H and O–H groups in total. The van der Waals surface area contributed by atoms with Crippen LogP contribution >= 0.6 is 11.3 Å². The van der Waals surface area contributed by atoms with E-state index in [9.17, 15) is 4.79 Å². The Morgan fingerprint density at radius 2 is 2.32 bits per heavy atom. The normalized spacial score (nSPS) is 12.6. The number of nitrogens with two attached hydrogens (primary N) is 1. The van der Waals surface area contributed by atoms with E-state index in [0.29, 0.717) is 24.0 Å². The van der Waals surface area contributed by atoms with Gasteiger partial charge in [0.1, 0.15) is 0 Å². The number of fused-ring (bicyclic) bond motifs is 1. The van der Waals surface area contributed by atoms with Crippen LogP contribution in [0.3, 0.4) is 0 Å². The molecule has 102 valence electrons. The lowest BCUT2D eigenvalue weighted by molar-refractivity contribution is -0.116. The van der Waals surface area contributed by atoms with E-state index in [1.165, 1.54) is 16.9 Å². The molecule has 0 aliphatic rings. The highest BCUT2D eigenvalue weighted by molar-refractivity contribution is 7.22. The van der Waals surface area contributed by atoms with Crippen molar-refractivity contribution in [3.63, 3.8) is 0 Å². The van der Waals surface area contributed by atoms with Gasteiger partial charge in [0.25, 0.3) is 0 Å². The van der Waals surface area contributed by atoms with Crippen LogP contribution in [0.4, 0.5) is 5.13 Å². The number of carbonyl (C=O) groups excluding carboxylic acids is 1. The van der Waals surface area contributed by atoms with E-state index >= 15 is 0 Å². The predicted octanol–water partition coefficient (Wildman–Crippen LogP) is 2.92. The average Bonchev–Trinajstić information content (AvgIpc) is 2.77. The third-order valence-corrected chi connectivity index (χ3v) is 3.99. The van der Waals surface area contributed by atoms with Gasteiger partial charge in [-0.1, -0.05) is 24.3 Å². The van der Waals surface area contributed by atoms with E-state index in [2.05, 4.69) is 16.4 Å². The summed E-state index contributed by atoms with van der Waals surface area (Å²) in [6.45, 7) is 4.72.